The van der Waals surface area contributed by atoms with E-state index < -0.39 is 12.8 Å². The summed E-state index contributed by atoms with van der Waals surface area (Å²) in [5.41, 5.74) is 0.931. The number of alkyl halides is 3. The molecule has 5 nitrogen and oxygen atoms in total. The highest BCUT2D eigenvalue weighted by Crippen LogP contribution is 2.22. The summed E-state index contributed by atoms with van der Waals surface area (Å²) in [5.74, 6) is 0.903. The van der Waals surface area contributed by atoms with E-state index in [1.165, 1.54) is 37.8 Å². The maximum Gasteiger partial charge on any atom is 0.422 e. The number of likely N-dealkylation sites (N-methyl/N-ethyl adjacent to an activating group) is 1. The number of nitrogens with one attached hydrogen (secondary N) is 2. The Morgan fingerprint density at radius 1 is 1.18 bits per heavy atom. The van der Waals surface area contributed by atoms with Gasteiger partial charge in [-0.1, -0.05) is 25.0 Å². The van der Waals surface area contributed by atoms with Crippen LogP contribution in [-0.4, -0.2) is 56.9 Å². The van der Waals surface area contributed by atoms with Crippen LogP contribution < -0.4 is 15.4 Å². The zero-order chi connectivity index (χ0) is 19.7. The van der Waals surface area contributed by atoms with Crippen molar-refractivity contribution in [3.8, 4) is 5.75 Å². The lowest BCUT2D eigenvalue weighted by molar-refractivity contribution is -0.153. The first-order valence-electron chi connectivity index (χ1n) is 9.30. The fourth-order valence-corrected chi connectivity index (χ4v) is 3.15. The minimum Gasteiger partial charge on any atom is -0.484 e. The van der Waals surface area contributed by atoms with Gasteiger partial charge in [-0.2, -0.15) is 13.2 Å². The zero-order valence-electron chi connectivity index (χ0n) is 16.4. The van der Waals surface area contributed by atoms with Gasteiger partial charge in [-0.3, -0.25) is 4.99 Å². The largest absolute Gasteiger partial charge is 0.484 e. The van der Waals surface area contributed by atoms with Crippen molar-refractivity contribution >= 4 is 29.9 Å². The first-order chi connectivity index (χ1) is 12.9. The lowest BCUT2D eigenvalue weighted by Crippen LogP contribution is -2.42. The van der Waals surface area contributed by atoms with E-state index >= 15 is 0 Å². The fourth-order valence-electron chi connectivity index (χ4n) is 3.15. The molecule has 0 amide bonds. The Labute approximate surface area is 182 Å². The number of hydrogen-bond donors (Lipinski definition) is 2. The molecule has 0 bridgehead atoms. The van der Waals surface area contributed by atoms with Crippen LogP contribution >= 0.6 is 24.0 Å². The molecule has 1 aliphatic rings. The van der Waals surface area contributed by atoms with E-state index in [2.05, 4.69) is 27.6 Å². The summed E-state index contributed by atoms with van der Waals surface area (Å²) >= 11 is 0. The van der Waals surface area contributed by atoms with Gasteiger partial charge in [0, 0.05) is 32.7 Å². The second-order valence-corrected chi connectivity index (χ2v) is 6.82. The molecule has 0 spiro atoms. The molecule has 1 saturated carbocycles. The summed E-state index contributed by atoms with van der Waals surface area (Å²) in [4.78, 5) is 6.59. The highest BCUT2D eigenvalue weighted by atomic mass is 127. The van der Waals surface area contributed by atoms with Crippen molar-refractivity contribution in [1.29, 1.82) is 0 Å². The average molecular weight is 514 g/mol. The Balaban J connectivity index is 0.00000392. The molecule has 2 rings (SSSR count). The molecule has 1 fully saturated rings. The van der Waals surface area contributed by atoms with Crippen LogP contribution in [0.2, 0.25) is 0 Å². The highest BCUT2D eigenvalue weighted by molar-refractivity contribution is 14.0. The third-order valence-corrected chi connectivity index (χ3v) is 4.71. The van der Waals surface area contributed by atoms with Gasteiger partial charge >= 0.3 is 6.18 Å². The van der Waals surface area contributed by atoms with Crippen LogP contribution in [-0.2, 0) is 6.54 Å². The predicted octanol–water partition coefficient (Wildman–Crippen LogP) is 3.79. The number of halogens is 4. The van der Waals surface area contributed by atoms with E-state index in [0.717, 1.165) is 18.7 Å². The van der Waals surface area contributed by atoms with Crippen LogP contribution in [0.15, 0.2) is 29.3 Å². The SMILES string of the molecule is CN=C(NCCN(C)C1CCCC1)NCc1ccc(OCC(F)(F)F)cc1.I. The van der Waals surface area contributed by atoms with Gasteiger partial charge < -0.3 is 20.3 Å². The van der Waals surface area contributed by atoms with Gasteiger partial charge in [-0.25, -0.2) is 0 Å². The Morgan fingerprint density at radius 2 is 1.82 bits per heavy atom. The second-order valence-electron chi connectivity index (χ2n) is 6.82. The first-order valence-corrected chi connectivity index (χ1v) is 9.30. The molecule has 9 heteroatoms. The number of hydrogen-bond acceptors (Lipinski definition) is 3. The molecule has 2 N–H and O–H groups in total. The molecule has 0 unspecified atom stereocenters. The van der Waals surface area contributed by atoms with Crippen LogP contribution in [0.4, 0.5) is 13.2 Å². The lowest BCUT2D eigenvalue weighted by Gasteiger charge is -2.24. The maximum atomic E-state index is 12.2. The third-order valence-electron chi connectivity index (χ3n) is 4.71. The molecule has 0 heterocycles. The summed E-state index contributed by atoms with van der Waals surface area (Å²) in [6.07, 6.45) is 0.889. The van der Waals surface area contributed by atoms with Gasteiger partial charge in [0.25, 0.3) is 0 Å². The molecule has 0 radical (unpaired) electrons. The molecule has 160 valence electrons. The normalized spacial score (nSPS) is 15.4. The molecule has 0 aromatic heterocycles. The summed E-state index contributed by atoms with van der Waals surface area (Å²) in [6.45, 7) is 1.00. The van der Waals surface area contributed by atoms with E-state index in [1.807, 2.05) is 0 Å². The number of benzene rings is 1. The van der Waals surface area contributed by atoms with Crippen LogP contribution in [0, 0.1) is 0 Å². The summed E-state index contributed by atoms with van der Waals surface area (Å²) < 4.78 is 41.2. The highest BCUT2D eigenvalue weighted by Gasteiger charge is 2.28. The van der Waals surface area contributed by atoms with Crippen molar-refractivity contribution in [1.82, 2.24) is 15.5 Å². The van der Waals surface area contributed by atoms with Gasteiger partial charge in [-0.15, -0.1) is 24.0 Å². The van der Waals surface area contributed by atoms with Crippen LogP contribution in [0.1, 0.15) is 31.2 Å². The van der Waals surface area contributed by atoms with Crippen LogP contribution in [0.25, 0.3) is 0 Å². The van der Waals surface area contributed by atoms with E-state index in [-0.39, 0.29) is 29.7 Å². The molecule has 0 atom stereocenters. The van der Waals surface area contributed by atoms with Gasteiger partial charge in [0.15, 0.2) is 12.6 Å². The predicted molar refractivity (Wildman–Crippen MR) is 116 cm³/mol. The number of guanidine groups is 1. The first kappa shape index (κ1) is 24.8. The van der Waals surface area contributed by atoms with E-state index in [1.54, 1.807) is 19.2 Å². The molecule has 0 saturated heterocycles. The van der Waals surface area contributed by atoms with Crippen molar-refractivity contribution in [2.45, 2.75) is 44.4 Å². The lowest BCUT2D eigenvalue weighted by atomic mass is 10.2. The van der Waals surface area contributed by atoms with Crippen LogP contribution in [0.3, 0.4) is 0 Å². The number of ether oxygens (including phenoxy) is 1. The van der Waals surface area contributed by atoms with E-state index in [0.29, 0.717) is 18.5 Å². The summed E-state index contributed by atoms with van der Waals surface area (Å²) in [6, 6.07) is 7.24. The van der Waals surface area contributed by atoms with Crippen molar-refractivity contribution in [2.24, 2.45) is 4.99 Å². The van der Waals surface area contributed by atoms with Crippen molar-refractivity contribution in [3.05, 3.63) is 29.8 Å². The van der Waals surface area contributed by atoms with E-state index in [4.69, 9.17) is 4.74 Å². The molecular weight excluding hydrogens is 484 g/mol. The molecule has 1 aromatic rings. The van der Waals surface area contributed by atoms with Crippen molar-refractivity contribution in [2.75, 3.05) is 33.8 Å². The van der Waals surface area contributed by atoms with Gasteiger partial charge in [0.05, 0.1) is 0 Å². The minimum absolute atomic E-state index is 0. The van der Waals surface area contributed by atoms with Crippen molar-refractivity contribution in [3.63, 3.8) is 0 Å². The third kappa shape index (κ3) is 9.31. The molecule has 1 aliphatic carbocycles. The molecule has 28 heavy (non-hydrogen) atoms. The maximum absolute atomic E-state index is 12.2. The Hall–Kier alpha value is -1.23. The monoisotopic (exact) mass is 514 g/mol. The quantitative estimate of drug-likeness (QED) is 0.315. The summed E-state index contributed by atoms with van der Waals surface area (Å²) in [5, 5.41) is 6.49. The minimum atomic E-state index is -4.33. The topological polar surface area (TPSA) is 48.9 Å². The average Bonchev–Trinajstić information content (AvgIpc) is 3.17. The second kappa shape index (κ2) is 12.4. The van der Waals surface area contributed by atoms with Gasteiger partial charge in [-0.05, 0) is 37.6 Å². The standard InChI is InChI=1S/C19H29F3N4O.HI/c1-23-18(24-11-12-26(2)16-5-3-4-6-16)25-13-15-7-9-17(10-8-15)27-14-19(20,21)22;/h7-10,16H,3-6,11-14H2,1-2H3,(H2,23,24,25);1H. The molecule has 1 aromatic carbocycles. The number of nitrogens with zero attached hydrogens (tertiary/aromatic N) is 2. The Morgan fingerprint density at radius 3 is 2.39 bits per heavy atom. The zero-order valence-corrected chi connectivity index (χ0v) is 18.7. The van der Waals surface area contributed by atoms with Crippen molar-refractivity contribution < 1.29 is 17.9 Å². The van der Waals surface area contributed by atoms with E-state index in [9.17, 15) is 13.2 Å². The number of aliphatic imine (C=N–C) groups is 1. The Kier molecular flexibility index (Phi) is 10.9. The number of rotatable bonds is 8. The molecule has 0 aliphatic heterocycles. The smallest absolute Gasteiger partial charge is 0.422 e. The van der Waals surface area contributed by atoms with Gasteiger partial charge in [0.1, 0.15) is 5.75 Å². The molecular formula is C19H30F3IN4O. The summed E-state index contributed by atoms with van der Waals surface area (Å²) in [7, 11) is 3.88. The fraction of sp³-hybridized carbons (Fsp3) is 0.632. The van der Waals surface area contributed by atoms with Gasteiger partial charge in [0.2, 0.25) is 0 Å². The Bertz CT molecular complexity index is 590. The van der Waals surface area contributed by atoms with Crippen LogP contribution in [0.5, 0.6) is 5.75 Å².